The van der Waals surface area contributed by atoms with Crippen molar-refractivity contribution in [2.75, 3.05) is 62.9 Å². The van der Waals surface area contributed by atoms with Crippen molar-refractivity contribution in [1.29, 1.82) is 0 Å². The normalized spacial score (nSPS) is 14.6. The van der Waals surface area contributed by atoms with Gasteiger partial charge < -0.3 is 31.2 Å². The van der Waals surface area contributed by atoms with Gasteiger partial charge in [-0.25, -0.2) is 0 Å². The Morgan fingerprint density at radius 2 is 1.79 bits per heavy atom. The van der Waals surface area contributed by atoms with E-state index in [2.05, 4.69) is 20.9 Å². The summed E-state index contributed by atoms with van der Waals surface area (Å²) in [5, 5.41) is 9.18. The highest BCUT2D eigenvalue weighted by Gasteiger charge is 2.21. The predicted octanol–water partition coefficient (Wildman–Crippen LogP) is 3.53. The van der Waals surface area contributed by atoms with Crippen molar-refractivity contribution in [2.24, 2.45) is 0 Å². The van der Waals surface area contributed by atoms with Gasteiger partial charge in [-0.15, -0.1) is 0 Å². The van der Waals surface area contributed by atoms with E-state index < -0.39 is 6.04 Å². The van der Waals surface area contributed by atoms with Crippen LogP contribution in [0.3, 0.4) is 0 Å². The summed E-state index contributed by atoms with van der Waals surface area (Å²) in [6, 6.07) is 21.3. The van der Waals surface area contributed by atoms with Gasteiger partial charge in [0.25, 0.3) is 0 Å². The van der Waals surface area contributed by atoms with Gasteiger partial charge in [-0.3, -0.25) is 14.5 Å². The summed E-state index contributed by atoms with van der Waals surface area (Å²) < 4.78 is 10.7. The number of hydrogen-bond acceptors (Lipinski definition) is 7. The Kier molecular flexibility index (Phi) is 10.1. The molecular formula is C30H35N5O4. The largest absolute Gasteiger partial charge is 0.497 e. The van der Waals surface area contributed by atoms with Crippen LogP contribution in [-0.2, 0) is 14.3 Å². The van der Waals surface area contributed by atoms with Gasteiger partial charge in [0.15, 0.2) is 0 Å². The van der Waals surface area contributed by atoms with Crippen LogP contribution < -0.4 is 26.4 Å². The third-order valence-electron chi connectivity index (χ3n) is 6.40. The van der Waals surface area contributed by atoms with Crippen LogP contribution in [-0.4, -0.2) is 63.2 Å². The highest BCUT2D eigenvalue weighted by Crippen LogP contribution is 2.21. The van der Waals surface area contributed by atoms with Gasteiger partial charge in [-0.2, -0.15) is 0 Å². The van der Waals surface area contributed by atoms with Gasteiger partial charge >= 0.3 is 0 Å². The first-order valence-electron chi connectivity index (χ1n) is 12.9. The molecule has 4 rings (SSSR count). The zero-order valence-electron chi connectivity index (χ0n) is 22.1. The van der Waals surface area contributed by atoms with Gasteiger partial charge in [0.2, 0.25) is 11.8 Å². The summed E-state index contributed by atoms with van der Waals surface area (Å²) in [6.07, 6.45) is 3.17. The maximum absolute atomic E-state index is 13.4. The highest BCUT2D eigenvalue weighted by atomic mass is 16.5. The van der Waals surface area contributed by atoms with E-state index in [1.54, 1.807) is 31.4 Å². The molecule has 0 radical (unpaired) electrons. The van der Waals surface area contributed by atoms with Crippen LogP contribution in [0.4, 0.5) is 17.1 Å². The van der Waals surface area contributed by atoms with Crippen LogP contribution in [0.15, 0.2) is 78.9 Å². The van der Waals surface area contributed by atoms with E-state index >= 15 is 0 Å². The Morgan fingerprint density at radius 1 is 1.03 bits per heavy atom. The molecule has 0 aliphatic carbocycles. The molecule has 204 valence electrons. The van der Waals surface area contributed by atoms with E-state index in [0.717, 1.165) is 44.0 Å². The number of benzene rings is 3. The molecule has 1 aliphatic rings. The summed E-state index contributed by atoms with van der Waals surface area (Å²) in [5.74, 6) is 0.213. The maximum atomic E-state index is 13.4. The van der Waals surface area contributed by atoms with Gasteiger partial charge in [0, 0.05) is 44.0 Å². The number of hydrogen-bond donors (Lipinski definition) is 4. The summed E-state index contributed by atoms with van der Waals surface area (Å²) >= 11 is 0. The fourth-order valence-electron chi connectivity index (χ4n) is 4.23. The van der Waals surface area contributed by atoms with Crippen molar-refractivity contribution in [3.8, 4) is 5.75 Å². The molecule has 1 unspecified atom stereocenters. The summed E-state index contributed by atoms with van der Waals surface area (Å²) in [6.45, 7) is 4.67. The molecular weight excluding hydrogens is 494 g/mol. The van der Waals surface area contributed by atoms with Crippen molar-refractivity contribution in [3.05, 3.63) is 90.0 Å². The quantitative estimate of drug-likeness (QED) is 0.222. The monoisotopic (exact) mass is 529 g/mol. The second-order valence-corrected chi connectivity index (χ2v) is 9.14. The Balaban J connectivity index is 1.42. The minimum atomic E-state index is -0.570. The van der Waals surface area contributed by atoms with Crippen LogP contribution in [0.25, 0.3) is 6.08 Å². The molecule has 2 amide bonds. The molecule has 5 N–H and O–H groups in total. The lowest BCUT2D eigenvalue weighted by atomic mass is 10.0. The molecule has 0 spiro atoms. The minimum absolute atomic E-state index is 0.173. The first kappa shape index (κ1) is 27.8. The average Bonchev–Trinajstić information content (AvgIpc) is 2.96. The standard InChI is InChI=1S/C30H35N5O4/c1-38-25-6-4-5-24(21-25)33-30(37)29(32-15-16-35-17-19-39-20-18-35)23-12-9-22(10-13-23)11-14-28(36)34-27-8-3-2-7-26(27)31/h2-14,21,29,32H,15-20,31H2,1H3,(H,33,37)(H,34,36). The molecule has 9 nitrogen and oxygen atoms in total. The van der Waals surface area contributed by atoms with Crippen molar-refractivity contribution in [1.82, 2.24) is 10.2 Å². The Hall–Kier alpha value is -4.18. The number of morpholine rings is 1. The van der Waals surface area contributed by atoms with Gasteiger partial charge in [0.1, 0.15) is 11.8 Å². The number of anilines is 3. The number of methoxy groups -OCH3 is 1. The third-order valence-corrected chi connectivity index (χ3v) is 6.40. The van der Waals surface area contributed by atoms with E-state index in [-0.39, 0.29) is 11.8 Å². The second kappa shape index (κ2) is 14.1. The second-order valence-electron chi connectivity index (χ2n) is 9.14. The molecule has 1 heterocycles. The van der Waals surface area contributed by atoms with Crippen molar-refractivity contribution < 1.29 is 19.1 Å². The zero-order valence-corrected chi connectivity index (χ0v) is 22.1. The number of nitrogens with zero attached hydrogens (tertiary/aromatic N) is 1. The molecule has 3 aromatic rings. The smallest absolute Gasteiger partial charge is 0.248 e. The predicted molar refractivity (Wildman–Crippen MR) is 155 cm³/mol. The summed E-state index contributed by atoms with van der Waals surface area (Å²) in [5.41, 5.74) is 9.26. The number of rotatable bonds is 11. The summed E-state index contributed by atoms with van der Waals surface area (Å²) in [7, 11) is 1.59. The Morgan fingerprint density at radius 3 is 2.54 bits per heavy atom. The minimum Gasteiger partial charge on any atom is -0.497 e. The number of nitrogens with one attached hydrogen (secondary N) is 3. The maximum Gasteiger partial charge on any atom is 0.248 e. The van der Waals surface area contributed by atoms with E-state index in [9.17, 15) is 9.59 Å². The number of nitrogens with two attached hydrogens (primary N) is 1. The molecule has 0 saturated carbocycles. The van der Waals surface area contributed by atoms with Gasteiger partial charge in [0.05, 0.1) is 31.7 Å². The molecule has 0 aromatic heterocycles. The van der Waals surface area contributed by atoms with Crippen LogP contribution in [0.5, 0.6) is 5.75 Å². The number of carbonyl (C=O) groups excluding carboxylic acids is 2. The van der Waals surface area contributed by atoms with Gasteiger partial charge in [-0.1, -0.05) is 42.5 Å². The molecule has 1 fully saturated rings. The lowest BCUT2D eigenvalue weighted by Crippen LogP contribution is -2.42. The van der Waals surface area contributed by atoms with Crippen LogP contribution in [0, 0.1) is 0 Å². The molecule has 1 atom stereocenters. The van der Waals surface area contributed by atoms with E-state index in [0.29, 0.717) is 29.4 Å². The van der Waals surface area contributed by atoms with Gasteiger partial charge in [-0.05, 0) is 41.5 Å². The molecule has 0 bridgehead atoms. The number of ether oxygens (including phenoxy) is 2. The zero-order chi connectivity index (χ0) is 27.5. The Labute approximate surface area is 229 Å². The first-order chi connectivity index (χ1) is 19.0. The van der Waals surface area contributed by atoms with Crippen molar-refractivity contribution in [3.63, 3.8) is 0 Å². The number of para-hydroxylation sites is 2. The lowest BCUT2D eigenvalue weighted by Gasteiger charge is -2.27. The summed E-state index contributed by atoms with van der Waals surface area (Å²) in [4.78, 5) is 28.0. The van der Waals surface area contributed by atoms with Crippen LogP contribution in [0.2, 0.25) is 0 Å². The lowest BCUT2D eigenvalue weighted by molar-refractivity contribution is -0.118. The number of nitrogen functional groups attached to an aromatic ring is 1. The number of carbonyl (C=O) groups is 2. The van der Waals surface area contributed by atoms with Crippen molar-refractivity contribution in [2.45, 2.75) is 6.04 Å². The Bertz CT molecular complexity index is 1270. The first-order valence-corrected chi connectivity index (χ1v) is 12.9. The fraction of sp³-hybridized carbons (Fsp3) is 0.267. The molecule has 9 heteroatoms. The average molecular weight is 530 g/mol. The SMILES string of the molecule is COc1cccc(NC(=O)C(NCCN2CCOCC2)c2ccc(C=CC(=O)Nc3ccccc3N)cc2)c1. The molecule has 39 heavy (non-hydrogen) atoms. The third kappa shape index (κ3) is 8.41. The number of amides is 2. The van der Waals surface area contributed by atoms with Crippen molar-refractivity contribution >= 4 is 35.0 Å². The molecule has 1 saturated heterocycles. The molecule has 1 aliphatic heterocycles. The highest BCUT2D eigenvalue weighted by molar-refractivity contribution is 6.03. The fourth-order valence-corrected chi connectivity index (χ4v) is 4.23. The topological polar surface area (TPSA) is 118 Å². The van der Waals surface area contributed by atoms with E-state index in [1.165, 1.54) is 6.08 Å². The van der Waals surface area contributed by atoms with E-state index in [1.807, 2.05) is 54.6 Å². The molecule has 3 aromatic carbocycles. The van der Waals surface area contributed by atoms with E-state index in [4.69, 9.17) is 15.2 Å². The van der Waals surface area contributed by atoms with Crippen LogP contribution in [0.1, 0.15) is 17.2 Å². The van der Waals surface area contributed by atoms with Crippen LogP contribution >= 0.6 is 0 Å².